The molecule has 3 aromatic rings. The number of nitrogens with zero attached hydrogens (tertiary/aromatic N) is 1. The number of hydrogen-bond donors (Lipinski definition) is 1. The minimum atomic E-state index is 0. The molecule has 0 spiro atoms. The number of nitrogens with one attached hydrogen (secondary N) is 1. The molecule has 0 unspecified atom stereocenters. The van der Waals surface area contributed by atoms with Gasteiger partial charge in [-0.3, -0.25) is 5.41 Å². The van der Waals surface area contributed by atoms with E-state index >= 15 is 0 Å². The van der Waals surface area contributed by atoms with E-state index in [0.29, 0.717) is 12.4 Å². The number of ether oxygens (including phenoxy) is 1. The zero-order valence-corrected chi connectivity index (χ0v) is 16.3. The Morgan fingerprint density at radius 3 is 2.35 bits per heavy atom. The zero-order chi connectivity index (χ0) is 17.8. The van der Waals surface area contributed by atoms with Crippen LogP contribution in [0.4, 0.5) is 5.69 Å². The molecule has 1 N–H and O–H groups in total. The molecular formula is C22H25ClN2O. The smallest absolute Gasteiger partial charge is 0.133 e. The van der Waals surface area contributed by atoms with Crippen LogP contribution >= 0.6 is 12.4 Å². The first-order valence-electron chi connectivity index (χ1n) is 8.73. The molecule has 0 saturated carbocycles. The number of amidine groups is 1. The molecule has 0 bridgehead atoms. The maximum absolute atomic E-state index is 8.83. The molecule has 0 radical (unpaired) electrons. The third-order valence-electron chi connectivity index (χ3n) is 4.34. The molecule has 0 aliphatic carbocycles. The van der Waals surface area contributed by atoms with E-state index in [2.05, 4.69) is 44.2 Å². The highest BCUT2D eigenvalue weighted by molar-refractivity contribution is 6.16. The fourth-order valence-electron chi connectivity index (χ4n) is 3.17. The van der Waals surface area contributed by atoms with Crippen LogP contribution in [0.1, 0.15) is 25.0 Å². The van der Waals surface area contributed by atoms with Crippen LogP contribution in [0.15, 0.2) is 60.7 Å². The molecule has 3 nitrogen and oxygen atoms in total. The van der Waals surface area contributed by atoms with Gasteiger partial charge in [-0.05, 0) is 56.0 Å². The lowest BCUT2D eigenvalue weighted by atomic mass is 10.0. The van der Waals surface area contributed by atoms with Crippen molar-refractivity contribution in [1.82, 2.24) is 0 Å². The van der Waals surface area contributed by atoms with Crippen LogP contribution in [-0.2, 0) is 0 Å². The number of anilines is 1. The van der Waals surface area contributed by atoms with Crippen LogP contribution in [0, 0.1) is 12.3 Å². The molecule has 4 heteroatoms. The second kappa shape index (κ2) is 8.72. The summed E-state index contributed by atoms with van der Waals surface area (Å²) in [5.41, 5.74) is 3.16. The summed E-state index contributed by atoms with van der Waals surface area (Å²) in [4.78, 5) is 2.04. The Morgan fingerprint density at radius 1 is 0.962 bits per heavy atom. The van der Waals surface area contributed by atoms with Gasteiger partial charge >= 0.3 is 0 Å². The molecule has 0 saturated heterocycles. The van der Waals surface area contributed by atoms with E-state index in [1.54, 1.807) is 0 Å². The van der Waals surface area contributed by atoms with Gasteiger partial charge in [0.15, 0.2) is 0 Å². The van der Waals surface area contributed by atoms with E-state index in [0.717, 1.165) is 34.3 Å². The number of hydrogen-bond acceptors (Lipinski definition) is 2. The first-order valence-corrected chi connectivity index (χ1v) is 8.73. The van der Waals surface area contributed by atoms with Crippen molar-refractivity contribution in [3.8, 4) is 5.75 Å². The molecule has 0 aromatic heterocycles. The highest BCUT2D eigenvalue weighted by Gasteiger charge is 2.16. The zero-order valence-electron chi connectivity index (χ0n) is 15.5. The van der Waals surface area contributed by atoms with Crippen molar-refractivity contribution in [3.05, 3.63) is 71.8 Å². The predicted octanol–water partition coefficient (Wildman–Crippen LogP) is 5.82. The standard InChI is InChI=1S/C22H24N2O.ClH/c1-4-24(17-10-8-9-16(3)15-17)22(23)20-13-14-21(25-5-2)19-12-7-6-11-18(19)20;/h6-15,23H,4-5H2,1-3H3;1H. The number of rotatable bonds is 5. The van der Waals surface area contributed by atoms with E-state index < -0.39 is 0 Å². The lowest BCUT2D eigenvalue weighted by Crippen LogP contribution is -2.30. The maximum Gasteiger partial charge on any atom is 0.133 e. The number of fused-ring (bicyclic) bond motifs is 1. The minimum absolute atomic E-state index is 0. The van der Waals surface area contributed by atoms with E-state index in [-0.39, 0.29) is 12.4 Å². The largest absolute Gasteiger partial charge is 0.493 e. The highest BCUT2D eigenvalue weighted by Crippen LogP contribution is 2.30. The van der Waals surface area contributed by atoms with Crippen molar-refractivity contribution in [2.24, 2.45) is 0 Å². The molecule has 0 amide bonds. The fourth-order valence-corrected chi connectivity index (χ4v) is 3.17. The molecule has 3 aromatic carbocycles. The van der Waals surface area contributed by atoms with Crippen LogP contribution in [-0.4, -0.2) is 19.0 Å². The van der Waals surface area contributed by atoms with E-state index in [4.69, 9.17) is 10.1 Å². The van der Waals surface area contributed by atoms with Crippen molar-refractivity contribution in [2.75, 3.05) is 18.1 Å². The van der Waals surface area contributed by atoms with Gasteiger partial charge in [-0.2, -0.15) is 0 Å². The van der Waals surface area contributed by atoms with Gasteiger partial charge in [0, 0.05) is 23.2 Å². The molecule has 0 atom stereocenters. The van der Waals surface area contributed by atoms with Gasteiger partial charge in [-0.1, -0.05) is 36.4 Å². The first-order chi connectivity index (χ1) is 12.2. The number of benzene rings is 3. The van der Waals surface area contributed by atoms with E-state index in [1.807, 2.05) is 42.2 Å². The molecule has 26 heavy (non-hydrogen) atoms. The minimum Gasteiger partial charge on any atom is -0.493 e. The molecule has 136 valence electrons. The third kappa shape index (κ3) is 3.83. The van der Waals surface area contributed by atoms with Crippen LogP contribution in [0.5, 0.6) is 5.75 Å². The second-order valence-electron chi connectivity index (χ2n) is 6.02. The Morgan fingerprint density at radius 2 is 1.69 bits per heavy atom. The van der Waals surface area contributed by atoms with Gasteiger partial charge in [0.25, 0.3) is 0 Å². The average molecular weight is 369 g/mol. The summed E-state index contributed by atoms with van der Waals surface area (Å²) in [6.45, 7) is 7.51. The van der Waals surface area contributed by atoms with Gasteiger partial charge in [0.05, 0.1) is 6.61 Å². The average Bonchev–Trinajstić information content (AvgIpc) is 2.63. The summed E-state index contributed by atoms with van der Waals surface area (Å²) in [7, 11) is 0. The normalized spacial score (nSPS) is 10.3. The van der Waals surface area contributed by atoms with E-state index in [9.17, 15) is 0 Å². The molecule has 0 heterocycles. The quantitative estimate of drug-likeness (QED) is 0.455. The second-order valence-corrected chi connectivity index (χ2v) is 6.02. The Bertz CT molecular complexity index is 908. The van der Waals surface area contributed by atoms with Gasteiger partial charge in [-0.15, -0.1) is 12.4 Å². The molecule has 0 aliphatic heterocycles. The third-order valence-corrected chi connectivity index (χ3v) is 4.34. The molecule has 3 rings (SSSR count). The van der Waals surface area contributed by atoms with Crippen molar-refractivity contribution in [3.63, 3.8) is 0 Å². The first kappa shape index (κ1) is 19.8. The topological polar surface area (TPSA) is 36.3 Å². The fraction of sp³-hybridized carbons (Fsp3) is 0.227. The Balaban J connectivity index is 0.00000243. The Hall–Kier alpha value is -2.52. The van der Waals surface area contributed by atoms with Crippen molar-refractivity contribution >= 4 is 34.7 Å². The SMILES string of the molecule is CCOc1ccc(C(=N)N(CC)c2cccc(C)c2)c2ccccc12.Cl. The predicted molar refractivity (Wildman–Crippen MR) is 113 cm³/mol. The number of aryl methyl sites for hydroxylation is 1. The lowest BCUT2D eigenvalue weighted by Gasteiger charge is -2.25. The summed E-state index contributed by atoms with van der Waals surface area (Å²) < 4.78 is 5.76. The molecule has 0 fully saturated rings. The molecule has 0 aliphatic rings. The maximum atomic E-state index is 8.83. The van der Waals surface area contributed by atoms with Crippen LogP contribution < -0.4 is 9.64 Å². The summed E-state index contributed by atoms with van der Waals surface area (Å²) in [5, 5.41) is 10.9. The lowest BCUT2D eigenvalue weighted by molar-refractivity contribution is 0.344. The summed E-state index contributed by atoms with van der Waals surface area (Å²) in [6, 6.07) is 20.4. The summed E-state index contributed by atoms with van der Waals surface area (Å²) >= 11 is 0. The number of halogens is 1. The van der Waals surface area contributed by atoms with Crippen molar-refractivity contribution < 1.29 is 4.74 Å². The monoisotopic (exact) mass is 368 g/mol. The van der Waals surface area contributed by atoms with Gasteiger partial charge < -0.3 is 9.64 Å². The van der Waals surface area contributed by atoms with Gasteiger partial charge in [0.2, 0.25) is 0 Å². The van der Waals surface area contributed by atoms with Crippen molar-refractivity contribution in [1.29, 1.82) is 5.41 Å². The van der Waals surface area contributed by atoms with Crippen LogP contribution in [0.25, 0.3) is 10.8 Å². The Kier molecular flexibility index (Phi) is 6.64. The molecular weight excluding hydrogens is 344 g/mol. The summed E-state index contributed by atoms with van der Waals surface area (Å²) in [6.07, 6.45) is 0. The van der Waals surface area contributed by atoms with Gasteiger partial charge in [-0.25, -0.2) is 0 Å². The Labute approximate surface area is 161 Å². The van der Waals surface area contributed by atoms with Crippen LogP contribution in [0.3, 0.4) is 0 Å². The van der Waals surface area contributed by atoms with Crippen LogP contribution in [0.2, 0.25) is 0 Å². The summed E-state index contributed by atoms with van der Waals surface area (Å²) in [5.74, 6) is 1.38. The van der Waals surface area contributed by atoms with Crippen molar-refractivity contribution in [2.45, 2.75) is 20.8 Å². The van der Waals surface area contributed by atoms with E-state index in [1.165, 1.54) is 5.56 Å². The highest BCUT2D eigenvalue weighted by atomic mass is 35.5. The van der Waals surface area contributed by atoms with Gasteiger partial charge in [0.1, 0.15) is 11.6 Å².